The summed E-state index contributed by atoms with van der Waals surface area (Å²) in [5, 5.41) is 3.10. The van der Waals surface area contributed by atoms with Gasteiger partial charge in [0.05, 0.1) is 18.1 Å². The van der Waals surface area contributed by atoms with Gasteiger partial charge in [-0.15, -0.1) is 0 Å². The van der Waals surface area contributed by atoms with Crippen molar-refractivity contribution < 1.29 is 4.74 Å². The van der Waals surface area contributed by atoms with E-state index in [1.165, 1.54) is 0 Å². The van der Waals surface area contributed by atoms with Gasteiger partial charge in [0.15, 0.2) is 5.75 Å². The van der Waals surface area contributed by atoms with Crippen LogP contribution in [0.3, 0.4) is 0 Å². The second-order valence-electron chi connectivity index (χ2n) is 4.13. The third kappa shape index (κ3) is 3.40. The number of nitrogens with zero attached hydrogens (tertiary/aromatic N) is 3. The highest BCUT2D eigenvalue weighted by Gasteiger charge is 2.07. The minimum absolute atomic E-state index is 0.471. The van der Waals surface area contributed by atoms with Crippen LogP contribution in [-0.4, -0.2) is 21.5 Å². The maximum Gasteiger partial charge on any atom is 0.239 e. The highest BCUT2D eigenvalue weighted by atomic mass is 16.5. The first-order valence-electron chi connectivity index (χ1n) is 6.43. The number of nitrogens with one attached hydrogen (secondary N) is 1. The number of ether oxygens (including phenoxy) is 1. The Morgan fingerprint density at radius 3 is 2.74 bits per heavy atom. The van der Waals surface area contributed by atoms with Gasteiger partial charge in [-0.1, -0.05) is 6.92 Å². The Kier molecular flexibility index (Phi) is 4.28. The maximum atomic E-state index is 5.77. The number of hydrogen-bond acceptors (Lipinski definition) is 5. The van der Waals surface area contributed by atoms with Crippen LogP contribution in [0.5, 0.6) is 11.6 Å². The Morgan fingerprint density at radius 1 is 1.16 bits per heavy atom. The fraction of sp³-hybridized carbons (Fsp3) is 0.357. The van der Waals surface area contributed by atoms with E-state index in [0.29, 0.717) is 11.7 Å². The van der Waals surface area contributed by atoms with Gasteiger partial charge in [0.2, 0.25) is 5.88 Å². The fourth-order valence-electron chi connectivity index (χ4n) is 1.72. The molecule has 5 nitrogen and oxygen atoms in total. The van der Waals surface area contributed by atoms with Crippen molar-refractivity contribution in [3.05, 3.63) is 35.9 Å². The first-order chi connectivity index (χ1) is 9.22. The molecule has 0 unspecified atom stereocenters. The van der Waals surface area contributed by atoms with Crippen LogP contribution in [0.25, 0.3) is 0 Å². The lowest BCUT2D eigenvalue weighted by Crippen LogP contribution is -2.02. The quantitative estimate of drug-likeness (QED) is 0.893. The van der Waals surface area contributed by atoms with E-state index in [9.17, 15) is 0 Å². The Balaban J connectivity index is 2.23. The number of pyridine rings is 1. The first-order valence-corrected chi connectivity index (χ1v) is 6.43. The van der Waals surface area contributed by atoms with Crippen LogP contribution in [0.15, 0.2) is 24.5 Å². The molecule has 19 heavy (non-hydrogen) atoms. The molecule has 0 bridgehead atoms. The summed E-state index contributed by atoms with van der Waals surface area (Å²) in [7, 11) is 0. The standard InChI is InChI=1S/C14H18N4O/c1-4-11-12(7-6-10(3)17-11)19-14-9-15-8-13(18-14)16-5-2/h6-9H,4-5H2,1-3H3,(H,16,18). The zero-order chi connectivity index (χ0) is 13.7. The zero-order valence-corrected chi connectivity index (χ0v) is 11.5. The van der Waals surface area contributed by atoms with Gasteiger partial charge in [-0.2, -0.15) is 4.98 Å². The summed E-state index contributed by atoms with van der Waals surface area (Å²) >= 11 is 0. The molecule has 0 aromatic carbocycles. The molecule has 0 aliphatic carbocycles. The van der Waals surface area contributed by atoms with Crippen LogP contribution in [0.1, 0.15) is 25.2 Å². The second-order valence-corrected chi connectivity index (χ2v) is 4.13. The highest BCUT2D eigenvalue weighted by molar-refractivity contribution is 5.36. The molecule has 0 amide bonds. The number of aromatic nitrogens is 3. The minimum atomic E-state index is 0.471. The van der Waals surface area contributed by atoms with Gasteiger partial charge in [0.1, 0.15) is 5.82 Å². The van der Waals surface area contributed by atoms with Crippen molar-refractivity contribution in [1.29, 1.82) is 0 Å². The lowest BCUT2D eigenvalue weighted by Gasteiger charge is -2.10. The maximum absolute atomic E-state index is 5.77. The van der Waals surface area contributed by atoms with Gasteiger partial charge in [-0.25, -0.2) is 0 Å². The van der Waals surface area contributed by atoms with Crippen LogP contribution in [0.4, 0.5) is 5.82 Å². The molecule has 2 aromatic heterocycles. The summed E-state index contributed by atoms with van der Waals surface area (Å²) in [6.07, 6.45) is 4.09. The molecule has 0 aliphatic heterocycles. The van der Waals surface area contributed by atoms with Crippen LogP contribution in [-0.2, 0) is 6.42 Å². The summed E-state index contributed by atoms with van der Waals surface area (Å²) in [6, 6.07) is 3.85. The van der Waals surface area contributed by atoms with Crippen molar-refractivity contribution in [2.45, 2.75) is 27.2 Å². The van der Waals surface area contributed by atoms with E-state index in [4.69, 9.17) is 4.74 Å². The highest BCUT2D eigenvalue weighted by Crippen LogP contribution is 2.23. The van der Waals surface area contributed by atoms with Crippen LogP contribution in [0.2, 0.25) is 0 Å². The normalized spacial score (nSPS) is 10.3. The Morgan fingerprint density at radius 2 is 2.00 bits per heavy atom. The summed E-state index contributed by atoms with van der Waals surface area (Å²) in [5.74, 6) is 1.91. The zero-order valence-electron chi connectivity index (χ0n) is 11.5. The molecule has 0 fully saturated rings. The Hall–Kier alpha value is -2.17. The third-order valence-electron chi connectivity index (χ3n) is 2.59. The van der Waals surface area contributed by atoms with E-state index in [1.54, 1.807) is 12.4 Å². The van der Waals surface area contributed by atoms with Crippen molar-refractivity contribution in [1.82, 2.24) is 15.0 Å². The summed E-state index contributed by atoms with van der Waals surface area (Å²) in [5.41, 5.74) is 1.91. The molecule has 0 saturated heterocycles. The largest absolute Gasteiger partial charge is 0.436 e. The number of rotatable bonds is 5. The molecule has 2 heterocycles. The van der Waals surface area contributed by atoms with Gasteiger partial charge in [0, 0.05) is 12.2 Å². The van der Waals surface area contributed by atoms with E-state index >= 15 is 0 Å². The van der Waals surface area contributed by atoms with E-state index in [1.807, 2.05) is 26.0 Å². The first kappa shape index (κ1) is 13.3. The molecule has 0 radical (unpaired) electrons. The molecule has 0 aliphatic rings. The fourth-order valence-corrected chi connectivity index (χ4v) is 1.72. The monoisotopic (exact) mass is 258 g/mol. The molecule has 0 spiro atoms. The van der Waals surface area contributed by atoms with Crippen LogP contribution in [0, 0.1) is 6.92 Å². The Bertz CT molecular complexity index is 557. The van der Waals surface area contributed by atoms with E-state index in [2.05, 4.69) is 27.2 Å². The van der Waals surface area contributed by atoms with E-state index < -0.39 is 0 Å². The van der Waals surface area contributed by atoms with Crippen molar-refractivity contribution in [3.8, 4) is 11.6 Å². The molecule has 0 atom stereocenters. The topological polar surface area (TPSA) is 59.9 Å². The average Bonchev–Trinajstić information content (AvgIpc) is 2.41. The van der Waals surface area contributed by atoms with Crippen LogP contribution >= 0.6 is 0 Å². The smallest absolute Gasteiger partial charge is 0.239 e. The van der Waals surface area contributed by atoms with Crippen molar-refractivity contribution >= 4 is 5.82 Å². The molecular weight excluding hydrogens is 240 g/mol. The SMILES string of the molecule is CCNc1cncc(Oc2ccc(C)nc2CC)n1. The van der Waals surface area contributed by atoms with Gasteiger partial charge < -0.3 is 10.1 Å². The predicted molar refractivity (Wildman–Crippen MR) is 74.6 cm³/mol. The summed E-state index contributed by atoms with van der Waals surface area (Å²) < 4.78 is 5.77. The minimum Gasteiger partial charge on any atom is -0.436 e. The number of hydrogen-bond donors (Lipinski definition) is 1. The second kappa shape index (κ2) is 6.13. The number of aryl methyl sites for hydroxylation is 2. The van der Waals surface area contributed by atoms with Crippen LogP contribution < -0.4 is 10.1 Å². The predicted octanol–water partition coefficient (Wildman–Crippen LogP) is 2.97. The van der Waals surface area contributed by atoms with Gasteiger partial charge >= 0.3 is 0 Å². The molecule has 2 aromatic rings. The lowest BCUT2D eigenvalue weighted by atomic mass is 10.2. The van der Waals surface area contributed by atoms with E-state index in [-0.39, 0.29) is 0 Å². The van der Waals surface area contributed by atoms with Gasteiger partial charge in [-0.3, -0.25) is 9.97 Å². The summed E-state index contributed by atoms with van der Waals surface area (Å²) in [4.78, 5) is 12.9. The Labute approximate surface area is 113 Å². The molecule has 1 N–H and O–H groups in total. The van der Waals surface area contributed by atoms with Crippen molar-refractivity contribution in [2.75, 3.05) is 11.9 Å². The molecule has 5 heteroatoms. The van der Waals surface area contributed by atoms with Crippen molar-refractivity contribution in [3.63, 3.8) is 0 Å². The summed E-state index contributed by atoms with van der Waals surface area (Å²) in [6.45, 7) is 6.82. The molecule has 0 saturated carbocycles. The third-order valence-corrected chi connectivity index (χ3v) is 2.59. The van der Waals surface area contributed by atoms with Gasteiger partial charge in [-0.05, 0) is 32.4 Å². The van der Waals surface area contributed by atoms with E-state index in [0.717, 1.165) is 30.1 Å². The molecule has 100 valence electrons. The van der Waals surface area contributed by atoms with Crippen molar-refractivity contribution in [2.24, 2.45) is 0 Å². The lowest BCUT2D eigenvalue weighted by molar-refractivity contribution is 0.452. The van der Waals surface area contributed by atoms with Gasteiger partial charge in [0.25, 0.3) is 0 Å². The molecule has 2 rings (SSSR count). The average molecular weight is 258 g/mol. The molecular formula is C14H18N4O. The number of anilines is 1.